The molecule has 0 bridgehead atoms. The Labute approximate surface area is 102 Å². The summed E-state index contributed by atoms with van der Waals surface area (Å²) in [4.78, 5) is 17.3. The van der Waals surface area contributed by atoms with Gasteiger partial charge in [0.2, 0.25) is 0 Å². The normalized spacial score (nSPS) is 10.1. The predicted molar refractivity (Wildman–Crippen MR) is 69.3 cm³/mol. The number of aromatic nitrogens is 1. The van der Waals surface area contributed by atoms with Crippen LogP contribution in [0.5, 0.6) is 0 Å². The Balaban J connectivity index is 2.47. The third-order valence-electron chi connectivity index (χ3n) is 2.27. The molecule has 0 unspecified atom stereocenters. The summed E-state index contributed by atoms with van der Waals surface area (Å²) < 4.78 is 0. The third-order valence-corrected chi connectivity index (χ3v) is 2.27. The van der Waals surface area contributed by atoms with Gasteiger partial charge in [0.15, 0.2) is 0 Å². The molecule has 0 radical (unpaired) electrons. The van der Waals surface area contributed by atoms with E-state index in [0.717, 1.165) is 25.5 Å². The highest BCUT2D eigenvalue weighted by atomic mass is 16.2. The molecular weight excluding hydrogens is 216 g/mol. The van der Waals surface area contributed by atoms with E-state index in [9.17, 15) is 4.79 Å². The maximum Gasteiger partial charge on any atom is 0.254 e. The van der Waals surface area contributed by atoms with Crippen LogP contribution in [0, 0.1) is 0 Å². The van der Waals surface area contributed by atoms with E-state index in [-0.39, 0.29) is 5.91 Å². The van der Waals surface area contributed by atoms with Crippen LogP contribution >= 0.6 is 0 Å². The summed E-state index contributed by atoms with van der Waals surface area (Å²) in [6, 6.07) is 3.60. The monoisotopic (exact) mass is 236 g/mol. The summed E-state index contributed by atoms with van der Waals surface area (Å²) in [7, 11) is 3.45. The summed E-state index contributed by atoms with van der Waals surface area (Å²) >= 11 is 0. The van der Waals surface area contributed by atoms with Crippen molar-refractivity contribution in [3.05, 3.63) is 23.9 Å². The Morgan fingerprint density at radius 1 is 1.35 bits per heavy atom. The molecule has 5 nitrogen and oxygen atoms in total. The van der Waals surface area contributed by atoms with E-state index in [4.69, 9.17) is 0 Å². The molecule has 94 valence electrons. The molecule has 0 aromatic carbocycles. The first kappa shape index (κ1) is 13.4. The molecule has 0 aliphatic rings. The van der Waals surface area contributed by atoms with E-state index in [0.29, 0.717) is 5.56 Å². The van der Waals surface area contributed by atoms with Gasteiger partial charge in [-0.2, -0.15) is 0 Å². The molecule has 0 aliphatic carbocycles. The van der Waals surface area contributed by atoms with E-state index in [1.54, 1.807) is 26.4 Å². The number of nitrogens with zero attached hydrogens (tertiary/aromatic N) is 2. The first-order valence-electron chi connectivity index (χ1n) is 5.77. The van der Waals surface area contributed by atoms with Gasteiger partial charge in [-0.25, -0.2) is 4.98 Å². The van der Waals surface area contributed by atoms with Crippen LogP contribution in [0.25, 0.3) is 0 Å². The summed E-state index contributed by atoms with van der Waals surface area (Å²) in [5, 5.41) is 6.39. The van der Waals surface area contributed by atoms with Gasteiger partial charge in [0.1, 0.15) is 5.82 Å². The van der Waals surface area contributed by atoms with Crippen LogP contribution in [0.1, 0.15) is 17.3 Å². The molecule has 17 heavy (non-hydrogen) atoms. The van der Waals surface area contributed by atoms with Crippen molar-refractivity contribution < 1.29 is 4.79 Å². The number of hydrogen-bond donors (Lipinski definition) is 2. The molecule has 0 aliphatic heterocycles. The Morgan fingerprint density at radius 2 is 2.12 bits per heavy atom. The fourth-order valence-electron chi connectivity index (χ4n) is 1.34. The molecule has 0 spiro atoms. The van der Waals surface area contributed by atoms with Gasteiger partial charge in [-0.1, -0.05) is 6.92 Å². The van der Waals surface area contributed by atoms with Gasteiger partial charge in [0.25, 0.3) is 5.91 Å². The number of carbonyl (C=O) groups is 1. The molecule has 0 saturated carbocycles. The van der Waals surface area contributed by atoms with Crippen molar-refractivity contribution in [2.75, 3.05) is 39.0 Å². The van der Waals surface area contributed by atoms with Crippen molar-refractivity contribution in [3.63, 3.8) is 0 Å². The summed E-state index contributed by atoms with van der Waals surface area (Å²) in [5.74, 6) is 0.759. The average molecular weight is 236 g/mol. The van der Waals surface area contributed by atoms with Crippen molar-refractivity contribution in [1.82, 2.24) is 15.2 Å². The molecule has 1 aromatic heterocycles. The highest BCUT2D eigenvalue weighted by Crippen LogP contribution is 2.06. The second-order valence-electron chi connectivity index (χ2n) is 3.91. The van der Waals surface area contributed by atoms with Crippen molar-refractivity contribution >= 4 is 11.7 Å². The van der Waals surface area contributed by atoms with Gasteiger partial charge in [0, 0.05) is 33.4 Å². The van der Waals surface area contributed by atoms with Gasteiger partial charge >= 0.3 is 0 Å². The number of nitrogens with one attached hydrogen (secondary N) is 2. The lowest BCUT2D eigenvalue weighted by Crippen LogP contribution is -2.23. The number of amides is 1. The zero-order valence-electron chi connectivity index (χ0n) is 10.7. The van der Waals surface area contributed by atoms with Crippen LogP contribution in [0.3, 0.4) is 0 Å². The molecule has 1 rings (SSSR count). The Morgan fingerprint density at radius 3 is 2.65 bits per heavy atom. The SMILES string of the molecule is CCNCCNc1ccc(C(=O)N(C)C)cn1. The molecule has 0 atom stereocenters. The van der Waals surface area contributed by atoms with Crippen LogP contribution in [0.2, 0.25) is 0 Å². The molecule has 1 amide bonds. The van der Waals surface area contributed by atoms with E-state index in [1.807, 2.05) is 6.07 Å². The fraction of sp³-hybridized carbons (Fsp3) is 0.500. The predicted octanol–water partition coefficient (Wildman–Crippen LogP) is 0.805. The number of rotatable bonds is 6. The lowest BCUT2D eigenvalue weighted by Gasteiger charge is -2.10. The topological polar surface area (TPSA) is 57.3 Å². The lowest BCUT2D eigenvalue weighted by molar-refractivity contribution is 0.0827. The van der Waals surface area contributed by atoms with Crippen LogP contribution < -0.4 is 10.6 Å². The average Bonchev–Trinajstić information content (AvgIpc) is 2.34. The molecule has 5 heteroatoms. The number of carbonyl (C=O) groups excluding carboxylic acids is 1. The van der Waals surface area contributed by atoms with Gasteiger partial charge in [-0.05, 0) is 18.7 Å². The van der Waals surface area contributed by atoms with Gasteiger partial charge in [-0.3, -0.25) is 4.79 Å². The number of anilines is 1. The smallest absolute Gasteiger partial charge is 0.254 e. The van der Waals surface area contributed by atoms with E-state index in [1.165, 1.54) is 4.90 Å². The molecule has 1 heterocycles. The Hall–Kier alpha value is -1.62. The van der Waals surface area contributed by atoms with E-state index in [2.05, 4.69) is 22.5 Å². The standard InChI is InChI=1S/C12H20N4O/c1-4-13-7-8-14-11-6-5-10(9-15-11)12(17)16(2)3/h5-6,9,13H,4,7-8H2,1-3H3,(H,14,15). The fourth-order valence-corrected chi connectivity index (χ4v) is 1.34. The number of pyridine rings is 1. The minimum absolute atomic E-state index is 0.0308. The van der Waals surface area contributed by atoms with Crippen LogP contribution in [-0.2, 0) is 0 Å². The highest BCUT2D eigenvalue weighted by Gasteiger charge is 2.07. The zero-order valence-corrected chi connectivity index (χ0v) is 10.7. The molecule has 0 saturated heterocycles. The highest BCUT2D eigenvalue weighted by molar-refractivity contribution is 5.93. The third kappa shape index (κ3) is 4.40. The second-order valence-corrected chi connectivity index (χ2v) is 3.91. The van der Waals surface area contributed by atoms with E-state index < -0.39 is 0 Å². The molecular formula is C12H20N4O. The Kier molecular flexibility index (Phi) is 5.42. The van der Waals surface area contributed by atoms with Gasteiger partial charge in [0.05, 0.1) is 5.56 Å². The number of hydrogen-bond acceptors (Lipinski definition) is 4. The first-order valence-corrected chi connectivity index (χ1v) is 5.77. The summed E-state index contributed by atoms with van der Waals surface area (Å²) in [6.45, 7) is 4.75. The molecule has 2 N–H and O–H groups in total. The second kappa shape index (κ2) is 6.85. The quantitative estimate of drug-likeness (QED) is 0.718. The summed E-state index contributed by atoms with van der Waals surface area (Å²) in [5.41, 5.74) is 0.604. The first-order chi connectivity index (χ1) is 8.15. The van der Waals surface area contributed by atoms with Crippen LogP contribution in [-0.4, -0.2) is 49.5 Å². The maximum absolute atomic E-state index is 11.6. The van der Waals surface area contributed by atoms with Crippen LogP contribution in [0.4, 0.5) is 5.82 Å². The van der Waals surface area contributed by atoms with E-state index >= 15 is 0 Å². The Bertz CT molecular complexity index is 348. The van der Waals surface area contributed by atoms with Crippen molar-refractivity contribution in [3.8, 4) is 0 Å². The minimum Gasteiger partial charge on any atom is -0.369 e. The largest absolute Gasteiger partial charge is 0.369 e. The lowest BCUT2D eigenvalue weighted by atomic mass is 10.2. The minimum atomic E-state index is -0.0308. The van der Waals surface area contributed by atoms with Gasteiger partial charge in [-0.15, -0.1) is 0 Å². The maximum atomic E-state index is 11.6. The molecule has 1 aromatic rings. The van der Waals surface area contributed by atoms with Crippen molar-refractivity contribution in [1.29, 1.82) is 0 Å². The zero-order chi connectivity index (χ0) is 12.7. The van der Waals surface area contributed by atoms with Crippen molar-refractivity contribution in [2.45, 2.75) is 6.92 Å². The van der Waals surface area contributed by atoms with Crippen molar-refractivity contribution in [2.24, 2.45) is 0 Å². The van der Waals surface area contributed by atoms with Crippen LogP contribution in [0.15, 0.2) is 18.3 Å². The molecule has 0 fully saturated rings. The number of likely N-dealkylation sites (N-methyl/N-ethyl adjacent to an activating group) is 1. The summed E-state index contributed by atoms with van der Waals surface area (Å²) in [6.07, 6.45) is 1.60. The van der Waals surface area contributed by atoms with Gasteiger partial charge < -0.3 is 15.5 Å².